The van der Waals surface area contributed by atoms with Crippen molar-refractivity contribution in [3.8, 4) is 5.75 Å². The molecule has 0 heterocycles. The lowest BCUT2D eigenvalue weighted by atomic mass is 9.87. The van der Waals surface area contributed by atoms with Gasteiger partial charge in [0.25, 0.3) is 0 Å². The van der Waals surface area contributed by atoms with Crippen LogP contribution in [0.2, 0.25) is 0 Å². The van der Waals surface area contributed by atoms with Gasteiger partial charge in [-0.15, -0.1) is 0 Å². The molecular weight excluding hydrogens is 260 g/mol. The molecule has 1 unspecified atom stereocenters. The van der Waals surface area contributed by atoms with E-state index in [1.165, 1.54) is 30.4 Å². The van der Waals surface area contributed by atoms with E-state index >= 15 is 0 Å². The third kappa shape index (κ3) is 3.98. The molecule has 118 valence electrons. The van der Waals surface area contributed by atoms with Gasteiger partial charge in [0.2, 0.25) is 0 Å². The van der Waals surface area contributed by atoms with Gasteiger partial charge in [-0.2, -0.15) is 0 Å². The minimum Gasteiger partial charge on any atom is -0.496 e. The van der Waals surface area contributed by atoms with Crippen molar-refractivity contribution in [1.29, 1.82) is 0 Å². The van der Waals surface area contributed by atoms with Gasteiger partial charge in [0.1, 0.15) is 5.75 Å². The summed E-state index contributed by atoms with van der Waals surface area (Å²) in [6.07, 6.45) is 6.36. The minimum atomic E-state index is 0.487. The highest BCUT2D eigenvalue weighted by molar-refractivity contribution is 5.42. The maximum atomic E-state index is 5.54. The average Bonchev–Trinajstić information content (AvgIpc) is 2.53. The summed E-state index contributed by atoms with van der Waals surface area (Å²) in [5.74, 6) is 1.05. The molecule has 0 amide bonds. The van der Waals surface area contributed by atoms with Crippen LogP contribution in [0, 0.1) is 0 Å². The van der Waals surface area contributed by atoms with Crippen LogP contribution in [-0.4, -0.2) is 37.8 Å². The number of hydrogen-bond donors (Lipinski definition) is 1. The first-order valence-electron chi connectivity index (χ1n) is 8.30. The van der Waals surface area contributed by atoms with Crippen molar-refractivity contribution in [2.45, 2.75) is 58.2 Å². The van der Waals surface area contributed by atoms with E-state index in [0.29, 0.717) is 12.2 Å². The Bertz CT molecular complexity index is 433. The van der Waals surface area contributed by atoms with Crippen LogP contribution in [-0.2, 0) is 12.8 Å². The lowest BCUT2D eigenvalue weighted by molar-refractivity contribution is 0.178. The molecule has 1 aliphatic carbocycles. The SMILES string of the molecule is CCC[C@H](NC1CCc2cccc(OC)c2C1)N(C)CC. The van der Waals surface area contributed by atoms with Crippen LogP contribution in [0.15, 0.2) is 18.2 Å². The van der Waals surface area contributed by atoms with Crippen molar-refractivity contribution in [1.82, 2.24) is 10.2 Å². The molecule has 3 heteroatoms. The van der Waals surface area contributed by atoms with Gasteiger partial charge in [-0.05, 0) is 56.5 Å². The van der Waals surface area contributed by atoms with Crippen LogP contribution < -0.4 is 10.1 Å². The summed E-state index contributed by atoms with van der Waals surface area (Å²) in [4.78, 5) is 2.42. The fourth-order valence-corrected chi connectivity index (χ4v) is 3.29. The van der Waals surface area contributed by atoms with Crippen molar-refractivity contribution in [2.75, 3.05) is 20.7 Å². The van der Waals surface area contributed by atoms with Crippen molar-refractivity contribution >= 4 is 0 Å². The van der Waals surface area contributed by atoms with E-state index in [2.05, 4.69) is 49.3 Å². The van der Waals surface area contributed by atoms with Crippen molar-refractivity contribution in [2.24, 2.45) is 0 Å². The third-order valence-corrected chi connectivity index (χ3v) is 4.68. The predicted molar refractivity (Wildman–Crippen MR) is 88.9 cm³/mol. The first kappa shape index (κ1) is 16.3. The number of fused-ring (bicyclic) bond motifs is 1. The molecule has 0 radical (unpaired) electrons. The number of aryl methyl sites for hydroxylation is 1. The number of benzene rings is 1. The summed E-state index contributed by atoms with van der Waals surface area (Å²) in [6, 6.07) is 6.99. The Morgan fingerprint density at radius 2 is 2.19 bits per heavy atom. The van der Waals surface area contributed by atoms with Gasteiger partial charge in [0, 0.05) is 6.04 Å². The Hall–Kier alpha value is -1.06. The minimum absolute atomic E-state index is 0.487. The largest absolute Gasteiger partial charge is 0.496 e. The van der Waals surface area contributed by atoms with Crippen molar-refractivity contribution < 1.29 is 4.74 Å². The monoisotopic (exact) mass is 290 g/mol. The number of nitrogens with one attached hydrogen (secondary N) is 1. The van der Waals surface area contributed by atoms with Crippen LogP contribution in [0.1, 0.15) is 44.2 Å². The Morgan fingerprint density at radius 3 is 2.86 bits per heavy atom. The number of methoxy groups -OCH3 is 1. The molecular formula is C18H30N2O. The highest BCUT2D eigenvalue weighted by Gasteiger charge is 2.24. The molecule has 2 atom stereocenters. The fraction of sp³-hybridized carbons (Fsp3) is 0.667. The van der Waals surface area contributed by atoms with Gasteiger partial charge in [-0.3, -0.25) is 10.2 Å². The molecule has 3 nitrogen and oxygen atoms in total. The molecule has 1 aliphatic rings. The van der Waals surface area contributed by atoms with Gasteiger partial charge in [0.15, 0.2) is 0 Å². The summed E-state index contributed by atoms with van der Waals surface area (Å²) in [5, 5.41) is 3.87. The van der Waals surface area contributed by atoms with E-state index in [9.17, 15) is 0 Å². The maximum absolute atomic E-state index is 5.54. The Kier molecular flexibility index (Phi) is 6.07. The maximum Gasteiger partial charge on any atom is 0.122 e. The normalized spacial score (nSPS) is 19.4. The third-order valence-electron chi connectivity index (χ3n) is 4.68. The van der Waals surface area contributed by atoms with Crippen LogP contribution in [0.4, 0.5) is 0 Å². The average molecular weight is 290 g/mol. The number of nitrogens with zero attached hydrogens (tertiary/aromatic N) is 1. The fourth-order valence-electron chi connectivity index (χ4n) is 3.29. The molecule has 1 aromatic carbocycles. The predicted octanol–water partition coefficient (Wildman–Crippen LogP) is 3.22. The molecule has 0 fully saturated rings. The topological polar surface area (TPSA) is 24.5 Å². The highest BCUT2D eigenvalue weighted by Crippen LogP contribution is 2.29. The first-order chi connectivity index (χ1) is 10.2. The molecule has 0 aliphatic heterocycles. The van der Waals surface area contributed by atoms with Gasteiger partial charge in [0.05, 0.1) is 13.3 Å². The molecule has 0 bridgehead atoms. The van der Waals surface area contributed by atoms with Crippen molar-refractivity contribution in [3.05, 3.63) is 29.3 Å². The Labute approximate surface area is 129 Å². The molecule has 1 N–H and O–H groups in total. The quantitative estimate of drug-likeness (QED) is 0.780. The number of ether oxygens (including phenoxy) is 1. The number of rotatable bonds is 7. The highest BCUT2D eigenvalue weighted by atomic mass is 16.5. The van der Waals surface area contributed by atoms with E-state index in [0.717, 1.165) is 25.1 Å². The zero-order chi connectivity index (χ0) is 15.2. The molecule has 0 saturated heterocycles. The second-order valence-electron chi connectivity index (χ2n) is 6.08. The second kappa shape index (κ2) is 7.81. The standard InChI is InChI=1S/C18H30N2O/c1-5-8-18(20(3)6-2)19-15-12-11-14-9-7-10-17(21-4)16(14)13-15/h7,9-10,15,18-19H,5-6,8,11-13H2,1-4H3/t15?,18-/m1/s1. The van der Waals surface area contributed by atoms with Crippen LogP contribution in [0.25, 0.3) is 0 Å². The zero-order valence-corrected chi connectivity index (χ0v) is 14.0. The van der Waals surface area contributed by atoms with Gasteiger partial charge >= 0.3 is 0 Å². The van der Waals surface area contributed by atoms with E-state index in [1.54, 1.807) is 7.11 Å². The molecule has 0 saturated carbocycles. The van der Waals surface area contributed by atoms with E-state index in [-0.39, 0.29) is 0 Å². The molecule has 0 spiro atoms. The lowest BCUT2D eigenvalue weighted by Crippen LogP contribution is -2.49. The van der Waals surface area contributed by atoms with Crippen LogP contribution in [0.3, 0.4) is 0 Å². The summed E-state index contributed by atoms with van der Waals surface area (Å²) in [5.41, 5.74) is 2.86. The zero-order valence-electron chi connectivity index (χ0n) is 14.0. The van der Waals surface area contributed by atoms with Crippen molar-refractivity contribution in [3.63, 3.8) is 0 Å². The first-order valence-corrected chi connectivity index (χ1v) is 8.30. The Balaban J connectivity index is 2.06. The lowest BCUT2D eigenvalue weighted by Gasteiger charge is -2.34. The van der Waals surface area contributed by atoms with E-state index in [1.807, 2.05) is 0 Å². The van der Waals surface area contributed by atoms with Gasteiger partial charge in [-0.25, -0.2) is 0 Å². The van der Waals surface area contributed by atoms with E-state index in [4.69, 9.17) is 4.74 Å². The summed E-state index contributed by atoms with van der Waals surface area (Å²) >= 11 is 0. The molecule has 0 aromatic heterocycles. The summed E-state index contributed by atoms with van der Waals surface area (Å²) < 4.78 is 5.54. The number of hydrogen-bond acceptors (Lipinski definition) is 3. The molecule has 2 rings (SSSR count). The summed E-state index contributed by atoms with van der Waals surface area (Å²) in [6.45, 7) is 5.57. The van der Waals surface area contributed by atoms with Crippen LogP contribution >= 0.6 is 0 Å². The smallest absolute Gasteiger partial charge is 0.122 e. The van der Waals surface area contributed by atoms with Gasteiger partial charge < -0.3 is 4.74 Å². The molecule has 21 heavy (non-hydrogen) atoms. The van der Waals surface area contributed by atoms with Gasteiger partial charge in [-0.1, -0.05) is 32.4 Å². The Morgan fingerprint density at radius 1 is 1.38 bits per heavy atom. The summed E-state index contributed by atoms with van der Waals surface area (Å²) in [7, 11) is 3.99. The second-order valence-corrected chi connectivity index (χ2v) is 6.08. The van der Waals surface area contributed by atoms with E-state index < -0.39 is 0 Å². The van der Waals surface area contributed by atoms with Crippen LogP contribution in [0.5, 0.6) is 5.75 Å². The molecule has 1 aromatic rings.